The lowest BCUT2D eigenvalue weighted by Crippen LogP contribution is -2.28. The van der Waals surface area contributed by atoms with Gasteiger partial charge in [-0.2, -0.15) is 15.0 Å². The van der Waals surface area contributed by atoms with E-state index in [1.165, 1.54) is 6.42 Å². The number of aromatic nitrogens is 3. The van der Waals surface area contributed by atoms with E-state index in [-0.39, 0.29) is 0 Å². The van der Waals surface area contributed by atoms with Gasteiger partial charge in [-0.25, -0.2) is 0 Å². The standard InChI is InChI=1S/C14H28N6/c1-6-10-11-19(5)13-16-12(15-7-2)17-14(18-13)20(8-3)9-4/h6-11H2,1-5H3,(H,15,16,17,18). The number of anilines is 3. The van der Waals surface area contributed by atoms with Crippen LogP contribution >= 0.6 is 0 Å². The van der Waals surface area contributed by atoms with Gasteiger partial charge in [0, 0.05) is 33.2 Å². The van der Waals surface area contributed by atoms with Crippen LogP contribution in [-0.4, -0.2) is 48.2 Å². The fourth-order valence-electron chi connectivity index (χ4n) is 1.90. The highest BCUT2D eigenvalue weighted by molar-refractivity contribution is 5.44. The van der Waals surface area contributed by atoms with Crippen molar-refractivity contribution in [3.8, 4) is 0 Å². The van der Waals surface area contributed by atoms with Crippen molar-refractivity contribution < 1.29 is 0 Å². The number of unbranched alkanes of at least 4 members (excludes halogenated alkanes) is 1. The zero-order valence-corrected chi connectivity index (χ0v) is 13.5. The van der Waals surface area contributed by atoms with E-state index in [0.29, 0.717) is 5.95 Å². The molecule has 0 radical (unpaired) electrons. The van der Waals surface area contributed by atoms with Crippen LogP contribution in [0.4, 0.5) is 17.8 Å². The molecule has 1 aromatic heterocycles. The van der Waals surface area contributed by atoms with E-state index in [9.17, 15) is 0 Å². The minimum Gasteiger partial charge on any atom is -0.354 e. The molecule has 0 unspecified atom stereocenters. The van der Waals surface area contributed by atoms with Crippen LogP contribution in [0.25, 0.3) is 0 Å². The van der Waals surface area contributed by atoms with Gasteiger partial charge in [0.05, 0.1) is 0 Å². The second kappa shape index (κ2) is 8.55. The summed E-state index contributed by atoms with van der Waals surface area (Å²) >= 11 is 0. The Bertz CT molecular complexity index is 391. The SMILES string of the molecule is CCCCN(C)c1nc(NCC)nc(N(CC)CC)n1. The third kappa shape index (κ3) is 4.51. The van der Waals surface area contributed by atoms with E-state index < -0.39 is 0 Å². The van der Waals surface area contributed by atoms with Gasteiger partial charge in [-0.05, 0) is 27.2 Å². The largest absolute Gasteiger partial charge is 0.354 e. The predicted molar refractivity (Wildman–Crippen MR) is 85.7 cm³/mol. The smallest absolute Gasteiger partial charge is 0.231 e. The van der Waals surface area contributed by atoms with Gasteiger partial charge >= 0.3 is 0 Å². The highest BCUT2D eigenvalue weighted by Crippen LogP contribution is 2.16. The Hall–Kier alpha value is -1.59. The Labute approximate surface area is 122 Å². The number of nitrogens with zero attached hydrogens (tertiary/aromatic N) is 5. The van der Waals surface area contributed by atoms with Crippen LogP contribution in [0.5, 0.6) is 0 Å². The molecule has 0 amide bonds. The van der Waals surface area contributed by atoms with E-state index >= 15 is 0 Å². The molecular weight excluding hydrogens is 252 g/mol. The second-order valence-electron chi connectivity index (χ2n) is 4.74. The zero-order valence-electron chi connectivity index (χ0n) is 13.5. The zero-order chi connectivity index (χ0) is 15.0. The monoisotopic (exact) mass is 280 g/mol. The second-order valence-corrected chi connectivity index (χ2v) is 4.74. The van der Waals surface area contributed by atoms with Crippen LogP contribution in [0.3, 0.4) is 0 Å². The molecule has 0 aliphatic carbocycles. The van der Waals surface area contributed by atoms with Gasteiger partial charge in [0.2, 0.25) is 17.8 Å². The summed E-state index contributed by atoms with van der Waals surface area (Å²) in [6, 6.07) is 0. The molecular formula is C14H28N6. The van der Waals surface area contributed by atoms with Gasteiger partial charge < -0.3 is 15.1 Å². The molecule has 0 fully saturated rings. The highest BCUT2D eigenvalue weighted by atomic mass is 15.4. The third-order valence-electron chi connectivity index (χ3n) is 3.18. The van der Waals surface area contributed by atoms with Crippen LogP contribution < -0.4 is 15.1 Å². The van der Waals surface area contributed by atoms with Crippen molar-refractivity contribution in [1.29, 1.82) is 0 Å². The van der Waals surface area contributed by atoms with Gasteiger partial charge in [-0.3, -0.25) is 0 Å². The molecule has 114 valence electrons. The first-order chi connectivity index (χ1) is 9.65. The van der Waals surface area contributed by atoms with Gasteiger partial charge in [-0.15, -0.1) is 0 Å². The Morgan fingerprint density at radius 1 is 0.950 bits per heavy atom. The molecule has 0 saturated heterocycles. The van der Waals surface area contributed by atoms with Crippen LogP contribution in [0, 0.1) is 0 Å². The topological polar surface area (TPSA) is 57.2 Å². The Morgan fingerprint density at radius 3 is 2.15 bits per heavy atom. The molecule has 0 spiro atoms. The molecule has 6 nitrogen and oxygen atoms in total. The average Bonchev–Trinajstić information content (AvgIpc) is 2.46. The molecule has 0 saturated carbocycles. The van der Waals surface area contributed by atoms with Gasteiger partial charge in [0.15, 0.2) is 0 Å². The average molecular weight is 280 g/mol. The molecule has 0 atom stereocenters. The van der Waals surface area contributed by atoms with Crippen LogP contribution in [-0.2, 0) is 0 Å². The maximum atomic E-state index is 4.60. The number of nitrogens with one attached hydrogen (secondary N) is 1. The van der Waals surface area contributed by atoms with Crippen LogP contribution in [0.15, 0.2) is 0 Å². The summed E-state index contributed by atoms with van der Waals surface area (Å²) in [5.41, 5.74) is 0. The molecule has 1 rings (SSSR count). The quantitative estimate of drug-likeness (QED) is 0.749. The lowest BCUT2D eigenvalue weighted by Gasteiger charge is -2.22. The first-order valence-electron chi connectivity index (χ1n) is 7.62. The van der Waals surface area contributed by atoms with Crippen LogP contribution in [0.1, 0.15) is 40.5 Å². The Kier molecular flexibility index (Phi) is 7.04. The fourth-order valence-corrected chi connectivity index (χ4v) is 1.90. The molecule has 1 heterocycles. The van der Waals surface area contributed by atoms with E-state index in [0.717, 1.165) is 44.5 Å². The normalized spacial score (nSPS) is 10.4. The summed E-state index contributed by atoms with van der Waals surface area (Å²) in [7, 11) is 2.03. The summed E-state index contributed by atoms with van der Waals surface area (Å²) in [4.78, 5) is 17.8. The Balaban J connectivity index is 3.03. The van der Waals surface area contributed by atoms with Crippen molar-refractivity contribution in [2.75, 3.05) is 48.3 Å². The molecule has 1 aromatic rings. The van der Waals surface area contributed by atoms with Crippen molar-refractivity contribution in [2.45, 2.75) is 40.5 Å². The fraction of sp³-hybridized carbons (Fsp3) is 0.786. The van der Waals surface area contributed by atoms with Crippen LogP contribution in [0.2, 0.25) is 0 Å². The first-order valence-corrected chi connectivity index (χ1v) is 7.62. The van der Waals surface area contributed by atoms with Crippen molar-refractivity contribution in [2.24, 2.45) is 0 Å². The van der Waals surface area contributed by atoms with Gasteiger partial charge in [0.1, 0.15) is 0 Å². The van der Waals surface area contributed by atoms with Crippen molar-refractivity contribution in [1.82, 2.24) is 15.0 Å². The number of hydrogen-bond acceptors (Lipinski definition) is 6. The number of hydrogen-bond donors (Lipinski definition) is 1. The molecule has 1 N–H and O–H groups in total. The van der Waals surface area contributed by atoms with Gasteiger partial charge in [-0.1, -0.05) is 13.3 Å². The minimum atomic E-state index is 0.655. The molecule has 0 bridgehead atoms. The molecule has 20 heavy (non-hydrogen) atoms. The number of rotatable bonds is 9. The van der Waals surface area contributed by atoms with Crippen molar-refractivity contribution in [3.63, 3.8) is 0 Å². The van der Waals surface area contributed by atoms with Crippen molar-refractivity contribution >= 4 is 17.8 Å². The summed E-state index contributed by atoms with van der Waals surface area (Å²) < 4.78 is 0. The molecule has 0 aliphatic heterocycles. The Morgan fingerprint density at radius 2 is 1.60 bits per heavy atom. The van der Waals surface area contributed by atoms with E-state index in [1.807, 2.05) is 14.0 Å². The highest BCUT2D eigenvalue weighted by Gasteiger charge is 2.13. The lowest BCUT2D eigenvalue weighted by atomic mass is 10.3. The summed E-state index contributed by atoms with van der Waals surface area (Å²) in [5.74, 6) is 2.15. The summed E-state index contributed by atoms with van der Waals surface area (Å²) in [5, 5.41) is 3.19. The van der Waals surface area contributed by atoms with E-state index in [4.69, 9.17) is 0 Å². The first kappa shape index (κ1) is 16.5. The third-order valence-corrected chi connectivity index (χ3v) is 3.18. The minimum absolute atomic E-state index is 0.655. The van der Waals surface area contributed by atoms with E-state index in [2.05, 4.69) is 50.8 Å². The predicted octanol–water partition coefficient (Wildman–Crippen LogP) is 2.39. The summed E-state index contributed by atoms with van der Waals surface area (Å²) in [6.45, 7) is 12.0. The van der Waals surface area contributed by atoms with Gasteiger partial charge in [0.25, 0.3) is 0 Å². The maximum absolute atomic E-state index is 4.60. The maximum Gasteiger partial charge on any atom is 0.231 e. The lowest BCUT2D eigenvalue weighted by molar-refractivity contribution is 0.739. The van der Waals surface area contributed by atoms with E-state index in [1.54, 1.807) is 0 Å². The molecule has 6 heteroatoms. The van der Waals surface area contributed by atoms with Crippen molar-refractivity contribution in [3.05, 3.63) is 0 Å². The molecule has 0 aromatic carbocycles. The molecule has 0 aliphatic rings. The summed E-state index contributed by atoms with van der Waals surface area (Å²) in [6.07, 6.45) is 2.30.